The van der Waals surface area contributed by atoms with Crippen molar-refractivity contribution in [1.29, 1.82) is 5.26 Å². The number of nitrogens with one attached hydrogen (secondary N) is 1. The Morgan fingerprint density at radius 1 is 1.42 bits per heavy atom. The van der Waals surface area contributed by atoms with Gasteiger partial charge in [0.25, 0.3) is 0 Å². The molecule has 0 spiro atoms. The van der Waals surface area contributed by atoms with Crippen molar-refractivity contribution in [1.82, 2.24) is 0 Å². The molecule has 19 heavy (non-hydrogen) atoms. The molecule has 0 fully saturated rings. The maximum atomic E-state index is 11.4. The minimum Gasteiger partial charge on any atom is -0.463 e. The predicted octanol–water partition coefficient (Wildman–Crippen LogP) is 2.55. The second-order valence-corrected chi connectivity index (χ2v) is 3.78. The van der Waals surface area contributed by atoms with E-state index in [9.17, 15) is 4.79 Å². The molecular formula is C14H12N2O3. The standard InChI is InChI=1S/C14H12N2O3/c1-18-14(17)13-11(6-7-19-13)9-16-12-5-3-2-4-10(12)8-15/h2-7,16H,9H2,1H3. The quantitative estimate of drug-likeness (QED) is 0.851. The average molecular weight is 256 g/mol. The molecule has 0 radical (unpaired) electrons. The van der Waals surface area contributed by atoms with Crippen LogP contribution in [0.25, 0.3) is 0 Å². The second-order valence-electron chi connectivity index (χ2n) is 3.78. The van der Waals surface area contributed by atoms with Gasteiger partial charge in [0.2, 0.25) is 5.76 Å². The normalized spacial score (nSPS) is 9.68. The number of ether oxygens (including phenoxy) is 1. The number of methoxy groups -OCH3 is 1. The van der Waals surface area contributed by atoms with Gasteiger partial charge in [0.1, 0.15) is 6.07 Å². The number of rotatable bonds is 4. The van der Waals surface area contributed by atoms with E-state index in [2.05, 4.69) is 16.1 Å². The lowest BCUT2D eigenvalue weighted by Crippen LogP contribution is -2.07. The van der Waals surface area contributed by atoms with E-state index in [1.807, 2.05) is 6.07 Å². The Balaban J connectivity index is 2.13. The molecule has 0 atom stereocenters. The number of anilines is 1. The molecule has 1 N–H and O–H groups in total. The maximum absolute atomic E-state index is 11.4. The van der Waals surface area contributed by atoms with Crippen LogP contribution in [-0.2, 0) is 11.3 Å². The van der Waals surface area contributed by atoms with Gasteiger partial charge in [-0.1, -0.05) is 12.1 Å². The summed E-state index contributed by atoms with van der Waals surface area (Å²) in [6.07, 6.45) is 1.43. The number of furan rings is 1. The first-order valence-corrected chi connectivity index (χ1v) is 5.64. The molecular weight excluding hydrogens is 244 g/mol. The van der Waals surface area contributed by atoms with Gasteiger partial charge in [-0.25, -0.2) is 4.79 Å². The summed E-state index contributed by atoms with van der Waals surface area (Å²) < 4.78 is 9.70. The van der Waals surface area contributed by atoms with Crippen molar-refractivity contribution < 1.29 is 13.9 Å². The zero-order valence-corrected chi connectivity index (χ0v) is 10.3. The molecule has 0 aliphatic heterocycles. The van der Waals surface area contributed by atoms with E-state index in [4.69, 9.17) is 9.68 Å². The van der Waals surface area contributed by atoms with Crippen molar-refractivity contribution in [3.63, 3.8) is 0 Å². The number of carbonyl (C=O) groups is 1. The molecule has 1 aromatic carbocycles. The van der Waals surface area contributed by atoms with Crippen molar-refractivity contribution in [2.75, 3.05) is 12.4 Å². The smallest absolute Gasteiger partial charge is 0.374 e. The summed E-state index contributed by atoms with van der Waals surface area (Å²) in [6.45, 7) is 0.375. The molecule has 0 aliphatic rings. The molecule has 5 heteroatoms. The Bertz CT molecular complexity index is 626. The molecule has 96 valence electrons. The van der Waals surface area contributed by atoms with Gasteiger partial charge < -0.3 is 14.5 Å². The zero-order valence-electron chi connectivity index (χ0n) is 10.3. The number of nitriles is 1. The van der Waals surface area contributed by atoms with Gasteiger partial charge in [-0.3, -0.25) is 0 Å². The van der Waals surface area contributed by atoms with Crippen LogP contribution in [0, 0.1) is 11.3 Å². The van der Waals surface area contributed by atoms with E-state index >= 15 is 0 Å². The highest BCUT2D eigenvalue weighted by Crippen LogP contribution is 2.17. The number of hydrogen-bond donors (Lipinski definition) is 1. The fourth-order valence-electron chi connectivity index (χ4n) is 1.67. The van der Waals surface area contributed by atoms with Crippen LogP contribution in [0.2, 0.25) is 0 Å². The van der Waals surface area contributed by atoms with E-state index in [1.54, 1.807) is 24.3 Å². The molecule has 5 nitrogen and oxygen atoms in total. The van der Waals surface area contributed by atoms with Crippen LogP contribution in [0.1, 0.15) is 21.7 Å². The van der Waals surface area contributed by atoms with Gasteiger partial charge in [-0.05, 0) is 18.2 Å². The van der Waals surface area contributed by atoms with Crippen molar-refractivity contribution >= 4 is 11.7 Å². The molecule has 2 rings (SSSR count). The number of hydrogen-bond acceptors (Lipinski definition) is 5. The minimum absolute atomic E-state index is 0.171. The number of nitrogens with zero attached hydrogens (tertiary/aromatic N) is 1. The van der Waals surface area contributed by atoms with Gasteiger partial charge in [0, 0.05) is 12.1 Å². The molecule has 0 amide bonds. The minimum atomic E-state index is -0.518. The number of benzene rings is 1. The van der Waals surface area contributed by atoms with Crippen molar-refractivity contribution in [2.45, 2.75) is 6.54 Å². The zero-order chi connectivity index (χ0) is 13.7. The first-order valence-electron chi connectivity index (χ1n) is 5.64. The monoisotopic (exact) mass is 256 g/mol. The topological polar surface area (TPSA) is 75.3 Å². The third-order valence-electron chi connectivity index (χ3n) is 2.63. The van der Waals surface area contributed by atoms with E-state index in [-0.39, 0.29) is 5.76 Å². The fourth-order valence-corrected chi connectivity index (χ4v) is 1.67. The van der Waals surface area contributed by atoms with E-state index in [1.165, 1.54) is 13.4 Å². The molecule has 1 aromatic heterocycles. The van der Waals surface area contributed by atoms with Crippen LogP contribution < -0.4 is 5.32 Å². The van der Waals surface area contributed by atoms with Gasteiger partial charge in [0.15, 0.2) is 0 Å². The highest BCUT2D eigenvalue weighted by atomic mass is 16.5. The van der Waals surface area contributed by atoms with Crippen molar-refractivity contribution in [3.05, 3.63) is 53.5 Å². The summed E-state index contributed by atoms with van der Waals surface area (Å²) >= 11 is 0. The number of esters is 1. The molecule has 0 saturated heterocycles. The summed E-state index contributed by atoms with van der Waals surface area (Å²) in [5, 5.41) is 12.1. The molecule has 0 unspecified atom stereocenters. The molecule has 2 aromatic rings. The third-order valence-corrected chi connectivity index (χ3v) is 2.63. The van der Waals surface area contributed by atoms with Crippen LogP contribution in [0.4, 0.5) is 5.69 Å². The first kappa shape index (κ1) is 12.7. The van der Waals surface area contributed by atoms with E-state index in [0.717, 1.165) is 0 Å². The lowest BCUT2D eigenvalue weighted by molar-refractivity contribution is 0.0563. The second kappa shape index (κ2) is 5.74. The van der Waals surface area contributed by atoms with E-state index in [0.29, 0.717) is 23.4 Å². The fraction of sp³-hybridized carbons (Fsp3) is 0.143. The van der Waals surface area contributed by atoms with Gasteiger partial charge in [-0.2, -0.15) is 5.26 Å². The Morgan fingerprint density at radius 2 is 2.21 bits per heavy atom. The van der Waals surface area contributed by atoms with Crippen molar-refractivity contribution in [2.24, 2.45) is 0 Å². The maximum Gasteiger partial charge on any atom is 0.374 e. The average Bonchev–Trinajstić information content (AvgIpc) is 2.93. The summed E-state index contributed by atoms with van der Waals surface area (Å²) in [4.78, 5) is 11.4. The van der Waals surface area contributed by atoms with Gasteiger partial charge in [0.05, 0.1) is 24.6 Å². The summed E-state index contributed by atoms with van der Waals surface area (Å²) in [5.74, 6) is -0.347. The Morgan fingerprint density at radius 3 is 2.95 bits per heavy atom. The predicted molar refractivity (Wildman–Crippen MR) is 68.5 cm³/mol. The van der Waals surface area contributed by atoms with Crippen LogP contribution >= 0.6 is 0 Å². The lowest BCUT2D eigenvalue weighted by atomic mass is 10.2. The SMILES string of the molecule is COC(=O)c1occc1CNc1ccccc1C#N. The number of carbonyl (C=O) groups excluding carboxylic acids is 1. The number of para-hydroxylation sites is 1. The highest BCUT2D eigenvalue weighted by molar-refractivity contribution is 5.87. The molecule has 0 saturated carbocycles. The Kier molecular flexibility index (Phi) is 3.84. The molecule has 1 heterocycles. The van der Waals surface area contributed by atoms with Crippen molar-refractivity contribution in [3.8, 4) is 6.07 Å². The third kappa shape index (κ3) is 2.75. The summed E-state index contributed by atoms with van der Waals surface area (Å²) in [6, 6.07) is 10.9. The molecule has 0 aliphatic carbocycles. The first-order chi connectivity index (χ1) is 9.26. The molecule has 0 bridgehead atoms. The van der Waals surface area contributed by atoms with Gasteiger partial charge in [-0.15, -0.1) is 0 Å². The van der Waals surface area contributed by atoms with Crippen LogP contribution in [0.5, 0.6) is 0 Å². The van der Waals surface area contributed by atoms with Crippen LogP contribution in [0.15, 0.2) is 41.0 Å². The Labute approximate surface area is 110 Å². The van der Waals surface area contributed by atoms with E-state index < -0.39 is 5.97 Å². The largest absolute Gasteiger partial charge is 0.463 e. The van der Waals surface area contributed by atoms with Gasteiger partial charge >= 0.3 is 5.97 Å². The van der Waals surface area contributed by atoms with Crippen LogP contribution in [0.3, 0.4) is 0 Å². The Hall–Kier alpha value is -2.74. The summed E-state index contributed by atoms with van der Waals surface area (Å²) in [7, 11) is 1.30. The summed E-state index contributed by atoms with van der Waals surface area (Å²) in [5.41, 5.74) is 1.94. The lowest BCUT2D eigenvalue weighted by Gasteiger charge is -2.07. The van der Waals surface area contributed by atoms with Crippen LogP contribution in [-0.4, -0.2) is 13.1 Å². The highest BCUT2D eigenvalue weighted by Gasteiger charge is 2.15.